The molecule has 3 nitrogen and oxygen atoms in total. The lowest BCUT2D eigenvalue weighted by Gasteiger charge is -1.93. The maximum Gasteiger partial charge on any atom is 0.264 e. The van der Waals surface area contributed by atoms with E-state index in [1.807, 2.05) is 25.5 Å². The Morgan fingerprint density at radius 2 is 1.67 bits per heavy atom. The van der Waals surface area contributed by atoms with Gasteiger partial charge in [-0.1, -0.05) is 9.97 Å². The molecule has 0 N–H and O–H groups in total. The molecule has 0 saturated carbocycles. The van der Waals surface area contributed by atoms with Crippen LogP contribution < -0.4 is 4.57 Å². The van der Waals surface area contributed by atoms with Crippen molar-refractivity contribution in [3.63, 3.8) is 0 Å². The summed E-state index contributed by atoms with van der Waals surface area (Å²) >= 11 is 0. The van der Waals surface area contributed by atoms with Gasteiger partial charge in [-0.3, -0.25) is 0 Å². The van der Waals surface area contributed by atoms with Gasteiger partial charge >= 0.3 is 0 Å². The highest BCUT2D eigenvalue weighted by Gasteiger charge is 2.02. The molecule has 0 saturated heterocycles. The second-order valence-electron chi connectivity index (χ2n) is 2.03. The number of aromatic nitrogens is 3. The lowest BCUT2D eigenvalue weighted by Crippen LogP contribution is -2.37. The predicted octanol–water partition coefficient (Wildman–Crippen LogP) is -0.0821. The first-order valence-corrected chi connectivity index (χ1v) is 2.86. The molecule has 0 unspecified atom stereocenters. The van der Waals surface area contributed by atoms with Gasteiger partial charge in [0, 0.05) is 13.8 Å². The third kappa shape index (κ3) is 1.04. The van der Waals surface area contributed by atoms with Crippen molar-refractivity contribution >= 4 is 0 Å². The fourth-order valence-electron chi connectivity index (χ4n) is 0.603. The fourth-order valence-corrected chi connectivity index (χ4v) is 0.603. The van der Waals surface area contributed by atoms with E-state index in [4.69, 9.17) is 0 Å². The summed E-state index contributed by atoms with van der Waals surface area (Å²) in [7, 11) is 1.95. The molecule has 1 heterocycles. The van der Waals surface area contributed by atoms with Crippen LogP contribution in [0.5, 0.6) is 0 Å². The number of aryl methyl sites for hydroxylation is 2. The largest absolute Gasteiger partial charge is 0.264 e. The van der Waals surface area contributed by atoms with Gasteiger partial charge < -0.3 is 0 Å². The molecule has 48 valence electrons. The van der Waals surface area contributed by atoms with E-state index >= 15 is 0 Å². The average Bonchev–Trinajstić information content (AvgIpc) is 1.83. The van der Waals surface area contributed by atoms with Crippen LogP contribution in [0.25, 0.3) is 0 Å². The van der Waals surface area contributed by atoms with Gasteiger partial charge in [0.1, 0.15) is 0 Å². The van der Waals surface area contributed by atoms with Crippen molar-refractivity contribution in [1.29, 1.82) is 0 Å². The van der Waals surface area contributed by atoms with E-state index in [2.05, 4.69) is 9.97 Å². The summed E-state index contributed by atoms with van der Waals surface area (Å²) in [5.41, 5.74) is 0. The van der Waals surface area contributed by atoms with Crippen LogP contribution in [0.15, 0.2) is 6.33 Å². The molecule has 3 heteroatoms. The van der Waals surface area contributed by atoms with Crippen molar-refractivity contribution in [2.24, 2.45) is 7.05 Å². The first-order chi connectivity index (χ1) is 4.22. The van der Waals surface area contributed by atoms with E-state index in [-0.39, 0.29) is 0 Å². The molecule has 0 aliphatic heterocycles. The van der Waals surface area contributed by atoms with Crippen LogP contribution in [0.3, 0.4) is 0 Å². The predicted molar refractivity (Wildman–Crippen MR) is 32.7 cm³/mol. The van der Waals surface area contributed by atoms with Gasteiger partial charge in [0.15, 0.2) is 0 Å². The molecule has 0 radical (unpaired) electrons. The minimum Gasteiger partial charge on any atom is -0.238 e. The third-order valence-corrected chi connectivity index (χ3v) is 1.46. The smallest absolute Gasteiger partial charge is 0.238 e. The Hall–Kier alpha value is -0.990. The van der Waals surface area contributed by atoms with E-state index < -0.39 is 0 Å². The van der Waals surface area contributed by atoms with Crippen molar-refractivity contribution in [1.82, 2.24) is 9.97 Å². The van der Waals surface area contributed by atoms with Gasteiger partial charge in [-0.05, 0) is 0 Å². The zero-order chi connectivity index (χ0) is 6.85. The molecule has 0 aromatic carbocycles. The van der Waals surface area contributed by atoms with E-state index in [1.54, 1.807) is 6.33 Å². The van der Waals surface area contributed by atoms with Gasteiger partial charge in [0.05, 0.1) is 7.05 Å². The first kappa shape index (κ1) is 6.13. The van der Waals surface area contributed by atoms with Crippen LogP contribution >= 0.6 is 0 Å². The van der Waals surface area contributed by atoms with Crippen LogP contribution in [0.1, 0.15) is 11.6 Å². The monoisotopic (exact) mass is 124 g/mol. The number of rotatable bonds is 0. The third-order valence-electron chi connectivity index (χ3n) is 1.46. The second-order valence-corrected chi connectivity index (χ2v) is 2.03. The fraction of sp³-hybridized carbons (Fsp3) is 0.500. The van der Waals surface area contributed by atoms with E-state index in [1.165, 1.54) is 0 Å². The summed E-state index contributed by atoms with van der Waals surface area (Å²) in [6, 6.07) is 0. The van der Waals surface area contributed by atoms with Gasteiger partial charge in [-0.25, -0.2) is 4.57 Å². The van der Waals surface area contributed by atoms with E-state index in [0.29, 0.717) is 0 Å². The quantitative estimate of drug-likeness (QED) is 0.453. The highest BCUT2D eigenvalue weighted by molar-refractivity contribution is 4.71. The molecule has 0 aliphatic carbocycles. The molecular formula is C6H10N3+. The maximum atomic E-state index is 3.99. The van der Waals surface area contributed by atoms with Gasteiger partial charge in [-0.2, -0.15) is 0 Å². The molecular weight excluding hydrogens is 114 g/mol. The highest BCUT2D eigenvalue weighted by Crippen LogP contribution is 1.80. The van der Waals surface area contributed by atoms with Crippen LogP contribution in [0.4, 0.5) is 0 Å². The SMILES string of the molecule is Cc1ncnc(C)[n+]1C. The summed E-state index contributed by atoms with van der Waals surface area (Å²) in [5, 5.41) is 0. The summed E-state index contributed by atoms with van der Waals surface area (Å²) in [5.74, 6) is 1.98. The highest BCUT2D eigenvalue weighted by atomic mass is 15.1. The molecule has 0 fully saturated rings. The van der Waals surface area contributed by atoms with Gasteiger partial charge in [0.2, 0.25) is 11.6 Å². The molecule has 9 heavy (non-hydrogen) atoms. The lowest BCUT2D eigenvalue weighted by atomic mass is 10.6. The topological polar surface area (TPSA) is 29.7 Å². The molecule has 1 aromatic rings. The van der Waals surface area contributed by atoms with Crippen molar-refractivity contribution in [2.45, 2.75) is 13.8 Å². The van der Waals surface area contributed by atoms with Crippen LogP contribution in [-0.2, 0) is 7.05 Å². The van der Waals surface area contributed by atoms with Crippen LogP contribution in [0.2, 0.25) is 0 Å². The summed E-state index contributed by atoms with van der Waals surface area (Å²) < 4.78 is 1.94. The zero-order valence-electron chi connectivity index (χ0n) is 5.92. The maximum absolute atomic E-state index is 3.99. The Morgan fingerprint density at radius 1 is 1.22 bits per heavy atom. The van der Waals surface area contributed by atoms with Crippen molar-refractivity contribution in [3.05, 3.63) is 18.0 Å². The zero-order valence-corrected chi connectivity index (χ0v) is 5.92. The Kier molecular flexibility index (Phi) is 1.42. The normalized spacial score (nSPS) is 9.67. The molecule has 1 rings (SSSR count). The second kappa shape index (κ2) is 2.09. The Morgan fingerprint density at radius 3 is 2.00 bits per heavy atom. The van der Waals surface area contributed by atoms with Crippen molar-refractivity contribution < 1.29 is 4.57 Å². The van der Waals surface area contributed by atoms with Crippen molar-refractivity contribution in [3.8, 4) is 0 Å². The molecule has 0 bridgehead atoms. The minimum atomic E-state index is 0.988. The van der Waals surface area contributed by atoms with Gasteiger partial charge in [0.25, 0.3) is 6.33 Å². The van der Waals surface area contributed by atoms with Crippen molar-refractivity contribution in [2.75, 3.05) is 0 Å². The lowest BCUT2D eigenvalue weighted by molar-refractivity contribution is -0.690. The molecule has 1 aromatic heterocycles. The number of hydrogen-bond acceptors (Lipinski definition) is 2. The Balaban J connectivity index is 3.25. The summed E-state index contributed by atoms with van der Waals surface area (Å²) in [4.78, 5) is 7.98. The Bertz CT molecular complexity index is 199. The summed E-state index contributed by atoms with van der Waals surface area (Å²) in [6.45, 7) is 3.91. The van der Waals surface area contributed by atoms with Crippen LogP contribution in [0, 0.1) is 13.8 Å². The Labute approximate surface area is 54.4 Å². The van der Waals surface area contributed by atoms with Crippen LogP contribution in [-0.4, -0.2) is 9.97 Å². The minimum absolute atomic E-state index is 0.988. The van der Waals surface area contributed by atoms with Gasteiger partial charge in [-0.15, -0.1) is 0 Å². The average molecular weight is 124 g/mol. The molecule has 0 spiro atoms. The molecule has 0 aliphatic rings. The van der Waals surface area contributed by atoms with E-state index in [9.17, 15) is 0 Å². The number of nitrogens with zero attached hydrogens (tertiary/aromatic N) is 3. The first-order valence-electron chi connectivity index (χ1n) is 2.86. The molecule has 0 amide bonds. The molecule has 0 atom stereocenters. The number of hydrogen-bond donors (Lipinski definition) is 0. The summed E-state index contributed by atoms with van der Waals surface area (Å²) in [6.07, 6.45) is 1.57. The van der Waals surface area contributed by atoms with E-state index in [0.717, 1.165) is 11.6 Å². The standard InChI is InChI=1S/C6H10N3/c1-5-7-4-8-6(2)9(5)3/h4H,1-3H3/q+1.